The molecule has 1 atom stereocenters. The minimum absolute atomic E-state index is 0.0490. The van der Waals surface area contributed by atoms with E-state index in [0.29, 0.717) is 12.3 Å². The molecule has 27 heavy (non-hydrogen) atoms. The maximum atomic E-state index is 12.4. The molecular formula is C22H22N3OS+. The number of carbonyl (C=O) groups excluding carboxylic acids is 1. The number of nitriles is 1. The summed E-state index contributed by atoms with van der Waals surface area (Å²) in [5, 5.41) is 16.2. The molecule has 0 heterocycles. The molecule has 0 spiro atoms. The van der Waals surface area contributed by atoms with E-state index in [2.05, 4.69) is 48.6 Å². The summed E-state index contributed by atoms with van der Waals surface area (Å²) < 4.78 is 0. The van der Waals surface area contributed by atoms with Crippen molar-refractivity contribution in [1.82, 2.24) is 0 Å². The van der Waals surface area contributed by atoms with Crippen molar-refractivity contribution in [3.8, 4) is 6.07 Å². The smallest absolute Gasteiger partial charge is 0.279 e. The SMILES string of the molecule is C[C@@H]([NH2+]CC(=O)Nc1ccccc1SCC#N)c1cccc2ccccc12. The molecule has 3 N–H and O–H groups in total. The van der Waals surface area contributed by atoms with Crippen molar-refractivity contribution in [2.24, 2.45) is 0 Å². The van der Waals surface area contributed by atoms with Gasteiger partial charge in [-0.1, -0.05) is 54.6 Å². The van der Waals surface area contributed by atoms with Crippen LogP contribution in [0.5, 0.6) is 0 Å². The van der Waals surface area contributed by atoms with Gasteiger partial charge in [-0.05, 0) is 29.8 Å². The number of nitrogens with zero attached hydrogens (tertiary/aromatic N) is 1. The molecule has 0 fully saturated rings. The number of benzene rings is 3. The van der Waals surface area contributed by atoms with E-state index in [4.69, 9.17) is 5.26 Å². The van der Waals surface area contributed by atoms with E-state index in [9.17, 15) is 4.79 Å². The summed E-state index contributed by atoms with van der Waals surface area (Å²) >= 11 is 1.43. The van der Waals surface area contributed by atoms with Crippen molar-refractivity contribution in [3.05, 3.63) is 72.3 Å². The first-order valence-electron chi connectivity index (χ1n) is 8.88. The Morgan fingerprint density at radius 1 is 1.11 bits per heavy atom. The van der Waals surface area contributed by atoms with Gasteiger partial charge in [0, 0.05) is 10.5 Å². The number of anilines is 1. The minimum Gasteiger partial charge on any atom is -0.332 e. The molecule has 3 aromatic rings. The highest BCUT2D eigenvalue weighted by Gasteiger charge is 2.15. The van der Waals surface area contributed by atoms with Crippen LogP contribution >= 0.6 is 11.8 Å². The van der Waals surface area contributed by atoms with E-state index in [1.165, 1.54) is 28.1 Å². The molecule has 4 nitrogen and oxygen atoms in total. The van der Waals surface area contributed by atoms with Gasteiger partial charge in [0.2, 0.25) is 0 Å². The zero-order valence-corrected chi connectivity index (χ0v) is 16.0. The van der Waals surface area contributed by atoms with Gasteiger partial charge in [-0.15, -0.1) is 11.8 Å². The summed E-state index contributed by atoms with van der Waals surface area (Å²) in [6.07, 6.45) is 0. The largest absolute Gasteiger partial charge is 0.332 e. The monoisotopic (exact) mass is 376 g/mol. The maximum absolute atomic E-state index is 12.4. The molecule has 0 aliphatic heterocycles. The van der Waals surface area contributed by atoms with Crippen LogP contribution in [0.3, 0.4) is 0 Å². The topological polar surface area (TPSA) is 69.5 Å². The number of quaternary nitrogens is 1. The van der Waals surface area contributed by atoms with Gasteiger partial charge in [-0.25, -0.2) is 0 Å². The van der Waals surface area contributed by atoms with E-state index in [0.717, 1.165) is 10.6 Å². The fourth-order valence-corrected chi connectivity index (χ4v) is 3.73. The molecule has 0 saturated heterocycles. The van der Waals surface area contributed by atoms with Gasteiger partial charge in [-0.2, -0.15) is 5.26 Å². The van der Waals surface area contributed by atoms with Crippen LogP contribution < -0.4 is 10.6 Å². The molecule has 1 amide bonds. The highest BCUT2D eigenvalue weighted by molar-refractivity contribution is 7.99. The van der Waals surface area contributed by atoms with Crippen molar-refractivity contribution in [3.63, 3.8) is 0 Å². The van der Waals surface area contributed by atoms with Crippen LogP contribution in [0.2, 0.25) is 0 Å². The summed E-state index contributed by atoms with van der Waals surface area (Å²) in [6.45, 7) is 2.45. The second kappa shape index (κ2) is 9.22. The third-order valence-corrected chi connectivity index (χ3v) is 5.36. The Hall–Kier alpha value is -2.81. The van der Waals surface area contributed by atoms with Crippen LogP contribution in [-0.4, -0.2) is 18.2 Å². The van der Waals surface area contributed by atoms with Crippen LogP contribution in [0, 0.1) is 11.3 Å². The molecule has 3 aromatic carbocycles. The van der Waals surface area contributed by atoms with E-state index < -0.39 is 0 Å². The molecule has 3 rings (SSSR count). The number of para-hydroxylation sites is 1. The van der Waals surface area contributed by atoms with E-state index in [-0.39, 0.29) is 11.9 Å². The summed E-state index contributed by atoms with van der Waals surface area (Å²) in [7, 11) is 0. The van der Waals surface area contributed by atoms with Gasteiger partial charge >= 0.3 is 0 Å². The second-order valence-corrected chi connectivity index (χ2v) is 7.31. The molecular weight excluding hydrogens is 354 g/mol. The first kappa shape index (κ1) is 19.0. The van der Waals surface area contributed by atoms with Crippen LogP contribution in [0.1, 0.15) is 18.5 Å². The number of thioether (sulfide) groups is 1. The van der Waals surface area contributed by atoms with Crippen molar-refractivity contribution < 1.29 is 10.1 Å². The second-order valence-electron chi connectivity index (χ2n) is 6.29. The van der Waals surface area contributed by atoms with E-state index >= 15 is 0 Å². The molecule has 0 saturated carbocycles. The fraction of sp³-hybridized carbons (Fsp3) is 0.182. The average Bonchev–Trinajstić information content (AvgIpc) is 2.71. The first-order valence-corrected chi connectivity index (χ1v) is 9.87. The van der Waals surface area contributed by atoms with Crippen molar-refractivity contribution >= 4 is 34.1 Å². The molecule has 5 heteroatoms. The van der Waals surface area contributed by atoms with Gasteiger partial charge in [-0.3, -0.25) is 4.79 Å². The molecule has 0 aliphatic carbocycles. The minimum atomic E-state index is -0.0490. The molecule has 0 aromatic heterocycles. The van der Waals surface area contributed by atoms with Crippen LogP contribution in [0.15, 0.2) is 71.6 Å². The number of carbonyl (C=O) groups is 1. The van der Waals surface area contributed by atoms with Crippen LogP contribution in [0.25, 0.3) is 10.8 Å². The first-order chi connectivity index (χ1) is 13.2. The molecule has 0 aliphatic rings. The number of fused-ring (bicyclic) bond motifs is 1. The highest BCUT2D eigenvalue weighted by Crippen LogP contribution is 2.26. The lowest BCUT2D eigenvalue weighted by Crippen LogP contribution is -2.86. The zero-order valence-electron chi connectivity index (χ0n) is 15.2. The number of nitrogens with two attached hydrogens (primary N) is 1. The molecule has 0 unspecified atom stereocenters. The predicted molar refractivity (Wildman–Crippen MR) is 111 cm³/mol. The van der Waals surface area contributed by atoms with Gasteiger partial charge < -0.3 is 10.6 Å². The van der Waals surface area contributed by atoms with Crippen molar-refractivity contribution in [2.75, 3.05) is 17.6 Å². The lowest BCUT2D eigenvalue weighted by Gasteiger charge is -2.14. The fourth-order valence-electron chi connectivity index (χ4n) is 3.07. The normalized spacial score (nSPS) is 11.7. The lowest BCUT2D eigenvalue weighted by atomic mass is 10.00. The Morgan fingerprint density at radius 3 is 2.70 bits per heavy atom. The summed E-state index contributed by atoms with van der Waals surface area (Å²) in [4.78, 5) is 13.3. The molecule has 136 valence electrons. The summed E-state index contributed by atoms with van der Waals surface area (Å²) in [5.74, 6) is 0.309. The molecule has 0 bridgehead atoms. The number of nitrogens with one attached hydrogen (secondary N) is 1. The predicted octanol–water partition coefficient (Wildman–Crippen LogP) is 3.72. The Balaban J connectivity index is 1.63. The Labute approximate surface area is 163 Å². The van der Waals surface area contributed by atoms with Crippen molar-refractivity contribution in [2.45, 2.75) is 17.9 Å². The van der Waals surface area contributed by atoms with Gasteiger partial charge in [0.25, 0.3) is 5.91 Å². The summed E-state index contributed by atoms with van der Waals surface area (Å²) in [6, 6.07) is 24.5. The van der Waals surface area contributed by atoms with E-state index in [1.807, 2.05) is 41.7 Å². The lowest BCUT2D eigenvalue weighted by molar-refractivity contribution is -0.682. The maximum Gasteiger partial charge on any atom is 0.279 e. The number of amides is 1. The third kappa shape index (κ3) is 4.88. The van der Waals surface area contributed by atoms with Crippen molar-refractivity contribution in [1.29, 1.82) is 5.26 Å². The Morgan fingerprint density at radius 2 is 1.85 bits per heavy atom. The van der Waals surface area contributed by atoms with E-state index in [1.54, 1.807) is 0 Å². The standard InChI is InChI=1S/C22H21N3OS/c1-16(18-10-6-8-17-7-2-3-9-19(17)18)24-15-22(26)25-20-11-4-5-12-21(20)27-14-13-23/h2-12,16,24H,14-15H2,1H3,(H,25,26)/p+1/t16-/m1/s1. The Kier molecular flexibility index (Phi) is 6.48. The third-order valence-electron chi connectivity index (χ3n) is 4.42. The zero-order chi connectivity index (χ0) is 19.1. The van der Waals surface area contributed by atoms with Gasteiger partial charge in [0.05, 0.1) is 17.5 Å². The Bertz CT molecular complexity index is 975. The van der Waals surface area contributed by atoms with Crippen LogP contribution in [0.4, 0.5) is 5.69 Å². The van der Waals surface area contributed by atoms with Crippen LogP contribution in [-0.2, 0) is 4.79 Å². The van der Waals surface area contributed by atoms with Gasteiger partial charge in [0.15, 0.2) is 6.54 Å². The van der Waals surface area contributed by atoms with Gasteiger partial charge in [0.1, 0.15) is 6.04 Å². The number of hydrogen-bond acceptors (Lipinski definition) is 3. The average molecular weight is 377 g/mol. The summed E-state index contributed by atoms with van der Waals surface area (Å²) in [5.41, 5.74) is 1.99. The number of hydrogen-bond donors (Lipinski definition) is 2. The number of rotatable bonds is 7. The quantitative estimate of drug-likeness (QED) is 0.618. The highest BCUT2D eigenvalue weighted by atomic mass is 32.2. The molecule has 0 radical (unpaired) electrons.